The normalized spacial score (nSPS) is 15.9. The van der Waals surface area contributed by atoms with Gasteiger partial charge in [0.2, 0.25) is 0 Å². The van der Waals surface area contributed by atoms with E-state index in [0.717, 1.165) is 34.5 Å². The first-order valence-electron chi connectivity index (χ1n) is 9.48. The first kappa shape index (κ1) is 18.2. The number of aryl methyl sites for hydroxylation is 2. The zero-order valence-corrected chi connectivity index (χ0v) is 15.8. The molecule has 6 heteroatoms. The summed E-state index contributed by atoms with van der Waals surface area (Å²) in [6.45, 7) is 1.21. The highest BCUT2D eigenvalue weighted by molar-refractivity contribution is 6.07. The van der Waals surface area contributed by atoms with Gasteiger partial charge in [-0.05, 0) is 54.3 Å². The van der Waals surface area contributed by atoms with Gasteiger partial charge in [0.1, 0.15) is 0 Å². The van der Waals surface area contributed by atoms with E-state index in [9.17, 15) is 14.4 Å². The monoisotopic (exact) mass is 378 g/mol. The van der Waals surface area contributed by atoms with Crippen molar-refractivity contribution in [3.05, 3.63) is 59.2 Å². The van der Waals surface area contributed by atoms with Crippen molar-refractivity contribution in [1.82, 2.24) is 0 Å². The Bertz CT molecular complexity index is 936. The number of urea groups is 1. The van der Waals surface area contributed by atoms with Crippen LogP contribution < -0.4 is 9.80 Å². The number of esters is 1. The molecule has 2 amide bonds. The van der Waals surface area contributed by atoms with Gasteiger partial charge in [-0.3, -0.25) is 19.4 Å². The Labute approximate surface area is 163 Å². The molecule has 6 nitrogen and oxygen atoms in total. The van der Waals surface area contributed by atoms with E-state index in [1.54, 1.807) is 9.80 Å². The SMILES string of the molecule is COC(=O)CCc1ccc(N2CCN(c3ccc4c(c3)CCC4=O)C2=O)cc1. The van der Waals surface area contributed by atoms with Crippen molar-refractivity contribution < 1.29 is 19.1 Å². The van der Waals surface area contributed by atoms with Gasteiger partial charge in [-0.1, -0.05) is 12.1 Å². The van der Waals surface area contributed by atoms with E-state index in [1.165, 1.54) is 7.11 Å². The maximum atomic E-state index is 12.9. The second kappa shape index (κ2) is 7.46. The van der Waals surface area contributed by atoms with Crippen molar-refractivity contribution in [2.45, 2.75) is 25.7 Å². The summed E-state index contributed by atoms with van der Waals surface area (Å²) in [4.78, 5) is 39.5. The van der Waals surface area contributed by atoms with Crippen molar-refractivity contribution in [3.8, 4) is 0 Å². The first-order chi connectivity index (χ1) is 13.6. The van der Waals surface area contributed by atoms with Crippen LogP contribution in [0.2, 0.25) is 0 Å². The number of ether oxygens (including phenoxy) is 1. The lowest BCUT2D eigenvalue weighted by Crippen LogP contribution is -2.31. The van der Waals surface area contributed by atoms with Crippen LogP contribution >= 0.6 is 0 Å². The van der Waals surface area contributed by atoms with Crippen LogP contribution in [-0.4, -0.2) is 38.0 Å². The fourth-order valence-corrected chi connectivity index (χ4v) is 3.82. The summed E-state index contributed by atoms with van der Waals surface area (Å²) in [5.41, 5.74) is 4.53. The molecule has 4 rings (SSSR count). The summed E-state index contributed by atoms with van der Waals surface area (Å²) in [6.07, 6.45) is 2.26. The van der Waals surface area contributed by atoms with Crippen LogP contribution in [-0.2, 0) is 22.4 Å². The molecule has 1 aliphatic carbocycles. The number of carbonyl (C=O) groups is 3. The summed E-state index contributed by atoms with van der Waals surface area (Å²) in [5.74, 6) is -0.0475. The molecule has 144 valence electrons. The van der Waals surface area contributed by atoms with Gasteiger partial charge in [-0.2, -0.15) is 0 Å². The average molecular weight is 378 g/mol. The largest absolute Gasteiger partial charge is 0.469 e. The molecule has 2 aromatic carbocycles. The topological polar surface area (TPSA) is 66.9 Å². The predicted molar refractivity (Wildman–Crippen MR) is 106 cm³/mol. The van der Waals surface area contributed by atoms with Gasteiger partial charge < -0.3 is 4.74 Å². The number of methoxy groups -OCH3 is 1. The highest BCUT2D eigenvalue weighted by Crippen LogP contribution is 2.30. The molecule has 1 heterocycles. The van der Waals surface area contributed by atoms with Gasteiger partial charge in [0.05, 0.1) is 7.11 Å². The number of ketones is 1. The van der Waals surface area contributed by atoms with Gasteiger partial charge in [0, 0.05) is 42.9 Å². The number of nitrogens with zero attached hydrogens (tertiary/aromatic N) is 2. The van der Waals surface area contributed by atoms with Crippen LogP contribution in [0, 0.1) is 0 Å². The molecule has 2 aliphatic rings. The third kappa shape index (κ3) is 3.38. The molecule has 1 fully saturated rings. The first-order valence-corrected chi connectivity index (χ1v) is 9.48. The average Bonchev–Trinajstić information content (AvgIpc) is 3.29. The number of hydrogen-bond donors (Lipinski definition) is 0. The zero-order chi connectivity index (χ0) is 19.7. The Balaban J connectivity index is 1.46. The van der Waals surface area contributed by atoms with Crippen molar-refractivity contribution in [2.75, 3.05) is 30.0 Å². The summed E-state index contributed by atoms with van der Waals surface area (Å²) >= 11 is 0. The molecular formula is C22H22N2O4. The summed E-state index contributed by atoms with van der Waals surface area (Å²) in [6, 6.07) is 13.3. The zero-order valence-electron chi connectivity index (χ0n) is 15.8. The van der Waals surface area contributed by atoms with Crippen molar-refractivity contribution in [3.63, 3.8) is 0 Å². The minimum Gasteiger partial charge on any atom is -0.469 e. The maximum Gasteiger partial charge on any atom is 0.329 e. The molecule has 2 aromatic rings. The Morgan fingerprint density at radius 1 is 0.964 bits per heavy atom. The van der Waals surface area contributed by atoms with Crippen LogP contribution in [0.15, 0.2) is 42.5 Å². The van der Waals surface area contributed by atoms with E-state index in [0.29, 0.717) is 32.4 Å². The molecule has 1 aliphatic heterocycles. The number of carbonyl (C=O) groups excluding carboxylic acids is 3. The number of Topliss-reactive ketones (excluding diaryl/α,β-unsaturated/α-hetero) is 1. The van der Waals surface area contributed by atoms with E-state index in [1.807, 2.05) is 42.5 Å². The van der Waals surface area contributed by atoms with Crippen LogP contribution in [0.1, 0.15) is 34.3 Å². The van der Waals surface area contributed by atoms with E-state index >= 15 is 0 Å². The number of benzene rings is 2. The van der Waals surface area contributed by atoms with E-state index in [4.69, 9.17) is 0 Å². The van der Waals surface area contributed by atoms with Gasteiger partial charge in [0.15, 0.2) is 5.78 Å². The second-order valence-electron chi connectivity index (χ2n) is 7.09. The van der Waals surface area contributed by atoms with E-state index in [-0.39, 0.29) is 17.8 Å². The Morgan fingerprint density at radius 3 is 2.36 bits per heavy atom. The Hall–Kier alpha value is -3.15. The lowest BCUT2D eigenvalue weighted by molar-refractivity contribution is -0.140. The summed E-state index contributed by atoms with van der Waals surface area (Å²) in [7, 11) is 1.38. The molecule has 0 bridgehead atoms. The van der Waals surface area contributed by atoms with Gasteiger partial charge >= 0.3 is 12.0 Å². The molecule has 0 aromatic heterocycles. The third-order valence-corrected chi connectivity index (χ3v) is 5.42. The van der Waals surface area contributed by atoms with Crippen molar-refractivity contribution >= 4 is 29.2 Å². The fourth-order valence-electron chi connectivity index (χ4n) is 3.82. The lowest BCUT2D eigenvalue weighted by Gasteiger charge is -2.19. The molecule has 1 saturated heterocycles. The smallest absolute Gasteiger partial charge is 0.329 e. The number of anilines is 2. The standard InChI is InChI=1S/C22H22N2O4/c1-28-21(26)11-4-15-2-6-17(7-3-15)23-12-13-24(22(23)27)18-8-9-19-16(14-18)5-10-20(19)25/h2-3,6-9,14H,4-5,10-13H2,1H3. The molecule has 0 atom stereocenters. The third-order valence-electron chi connectivity index (χ3n) is 5.42. The highest BCUT2D eigenvalue weighted by atomic mass is 16.5. The van der Waals surface area contributed by atoms with Gasteiger partial charge in [0.25, 0.3) is 0 Å². The van der Waals surface area contributed by atoms with E-state index in [2.05, 4.69) is 4.74 Å². The number of rotatable bonds is 5. The van der Waals surface area contributed by atoms with Crippen molar-refractivity contribution in [1.29, 1.82) is 0 Å². The van der Waals surface area contributed by atoms with Gasteiger partial charge in [-0.25, -0.2) is 4.79 Å². The molecule has 0 radical (unpaired) electrons. The predicted octanol–water partition coefficient (Wildman–Crippen LogP) is 3.37. The molecule has 0 N–H and O–H groups in total. The summed E-state index contributed by atoms with van der Waals surface area (Å²) < 4.78 is 4.66. The van der Waals surface area contributed by atoms with Crippen LogP contribution in [0.25, 0.3) is 0 Å². The molecule has 0 unspecified atom stereocenters. The molecule has 28 heavy (non-hydrogen) atoms. The van der Waals surface area contributed by atoms with Crippen LogP contribution in [0.4, 0.5) is 16.2 Å². The second-order valence-corrected chi connectivity index (χ2v) is 7.09. The molecule has 0 spiro atoms. The van der Waals surface area contributed by atoms with Crippen LogP contribution in [0.3, 0.4) is 0 Å². The lowest BCUT2D eigenvalue weighted by atomic mass is 10.1. The number of amides is 2. The number of hydrogen-bond acceptors (Lipinski definition) is 4. The van der Waals surface area contributed by atoms with Crippen molar-refractivity contribution in [2.24, 2.45) is 0 Å². The maximum absolute atomic E-state index is 12.9. The minimum absolute atomic E-state index is 0.0633. The minimum atomic E-state index is -0.231. The summed E-state index contributed by atoms with van der Waals surface area (Å²) in [5, 5.41) is 0. The van der Waals surface area contributed by atoms with Crippen LogP contribution in [0.5, 0.6) is 0 Å². The molecule has 0 saturated carbocycles. The Kier molecular flexibility index (Phi) is 4.86. The van der Waals surface area contributed by atoms with E-state index < -0.39 is 0 Å². The fraction of sp³-hybridized carbons (Fsp3) is 0.318. The molecular weight excluding hydrogens is 356 g/mol. The Morgan fingerprint density at radius 2 is 1.64 bits per heavy atom. The quantitative estimate of drug-likeness (QED) is 0.748. The van der Waals surface area contributed by atoms with Gasteiger partial charge in [-0.15, -0.1) is 0 Å². The number of fused-ring (bicyclic) bond motifs is 1. The highest BCUT2D eigenvalue weighted by Gasteiger charge is 2.31.